The minimum absolute atomic E-state index is 0.00820. The van der Waals surface area contributed by atoms with Crippen molar-refractivity contribution in [2.45, 2.75) is 76.2 Å². The van der Waals surface area contributed by atoms with Crippen LogP contribution in [0, 0.1) is 5.92 Å². The van der Waals surface area contributed by atoms with Gasteiger partial charge in [0.2, 0.25) is 23.6 Å². The van der Waals surface area contributed by atoms with Crippen molar-refractivity contribution >= 4 is 52.4 Å². The van der Waals surface area contributed by atoms with Gasteiger partial charge in [-0.3, -0.25) is 29.0 Å². The molecular weight excluding hydrogens is 630 g/mol. The summed E-state index contributed by atoms with van der Waals surface area (Å²) in [6.07, 6.45) is 0.950. The van der Waals surface area contributed by atoms with Crippen LogP contribution in [0.5, 0.6) is 0 Å². The van der Waals surface area contributed by atoms with Crippen molar-refractivity contribution in [2.75, 3.05) is 13.2 Å². The van der Waals surface area contributed by atoms with E-state index in [9.17, 15) is 39.0 Å². The van der Waals surface area contributed by atoms with Gasteiger partial charge in [-0.05, 0) is 36.8 Å². The summed E-state index contributed by atoms with van der Waals surface area (Å²) in [6, 6.07) is 0.380. The van der Waals surface area contributed by atoms with Crippen molar-refractivity contribution < 1.29 is 44.1 Å². The number of hydrogen-bond acceptors (Lipinski definition) is 9. The molecule has 14 N–H and O–H groups in total. The summed E-state index contributed by atoms with van der Waals surface area (Å²) < 4.78 is 0. The molecule has 1 heterocycles. The maximum Gasteiger partial charge on any atom is 0.326 e. The zero-order chi connectivity index (χ0) is 36.0. The summed E-state index contributed by atoms with van der Waals surface area (Å²) in [7, 11) is 0. The molecule has 0 aliphatic carbocycles. The van der Waals surface area contributed by atoms with Crippen LogP contribution in [0.2, 0.25) is 0 Å². The molecule has 0 fully saturated rings. The number of aliphatic hydroxyl groups is 1. The number of amides is 4. The van der Waals surface area contributed by atoms with Gasteiger partial charge in [0.1, 0.15) is 30.2 Å². The molecule has 0 spiro atoms. The number of nitrogens with two attached hydrogens (primary N) is 3. The third kappa shape index (κ3) is 12.5. The summed E-state index contributed by atoms with van der Waals surface area (Å²) >= 11 is 0. The van der Waals surface area contributed by atoms with Gasteiger partial charge in [0.25, 0.3) is 0 Å². The number of rotatable bonds is 20. The summed E-state index contributed by atoms with van der Waals surface area (Å²) in [4.78, 5) is 82.8. The fourth-order valence-corrected chi connectivity index (χ4v) is 4.76. The first kappa shape index (κ1) is 39.0. The van der Waals surface area contributed by atoms with E-state index in [-0.39, 0.29) is 44.1 Å². The van der Waals surface area contributed by atoms with Gasteiger partial charge in [-0.15, -0.1) is 0 Å². The highest BCUT2D eigenvalue weighted by Gasteiger charge is 2.33. The third-order valence-electron chi connectivity index (χ3n) is 7.18. The van der Waals surface area contributed by atoms with Crippen LogP contribution in [-0.4, -0.2) is 105 Å². The van der Waals surface area contributed by atoms with Crippen molar-refractivity contribution in [1.82, 2.24) is 26.3 Å². The minimum atomic E-state index is -1.78. The number of nitrogens with zero attached hydrogens (tertiary/aromatic N) is 1. The maximum absolute atomic E-state index is 13.7. The number of aromatic nitrogens is 1. The van der Waals surface area contributed by atoms with Crippen molar-refractivity contribution in [3.63, 3.8) is 0 Å². The average molecular weight is 676 g/mol. The van der Waals surface area contributed by atoms with E-state index in [4.69, 9.17) is 22.3 Å². The summed E-state index contributed by atoms with van der Waals surface area (Å²) in [5.41, 5.74) is 17.8. The monoisotopic (exact) mass is 675 g/mol. The second-order valence-corrected chi connectivity index (χ2v) is 11.6. The molecule has 264 valence electrons. The molecule has 4 amide bonds. The van der Waals surface area contributed by atoms with Gasteiger partial charge in [0, 0.05) is 30.1 Å². The van der Waals surface area contributed by atoms with E-state index < -0.39 is 78.8 Å². The molecule has 5 atom stereocenters. The molecule has 2 aromatic rings. The molecule has 0 bridgehead atoms. The first-order valence-corrected chi connectivity index (χ1v) is 15.3. The van der Waals surface area contributed by atoms with Gasteiger partial charge < -0.3 is 58.8 Å². The van der Waals surface area contributed by atoms with Crippen LogP contribution in [0.15, 0.2) is 35.5 Å². The molecule has 18 heteroatoms. The van der Waals surface area contributed by atoms with E-state index in [0.717, 1.165) is 10.9 Å². The highest BCUT2D eigenvalue weighted by Crippen LogP contribution is 2.19. The highest BCUT2D eigenvalue weighted by molar-refractivity contribution is 5.96. The second-order valence-electron chi connectivity index (χ2n) is 11.6. The number of carbonyl (C=O) groups is 6. The van der Waals surface area contributed by atoms with E-state index in [2.05, 4.69) is 31.2 Å². The van der Waals surface area contributed by atoms with Crippen molar-refractivity contribution in [1.29, 1.82) is 0 Å². The van der Waals surface area contributed by atoms with Crippen LogP contribution in [-0.2, 0) is 35.2 Å². The normalized spacial score (nSPS) is 14.2. The number of para-hydroxylation sites is 1. The van der Waals surface area contributed by atoms with Gasteiger partial charge in [-0.1, -0.05) is 32.0 Å². The number of benzene rings is 1. The number of guanidine groups is 1. The smallest absolute Gasteiger partial charge is 0.326 e. The average Bonchev–Trinajstić information content (AvgIpc) is 3.42. The van der Waals surface area contributed by atoms with Gasteiger partial charge in [0.05, 0.1) is 13.0 Å². The fourth-order valence-electron chi connectivity index (χ4n) is 4.76. The molecule has 0 unspecified atom stereocenters. The molecule has 0 aliphatic rings. The third-order valence-corrected chi connectivity index (χ3v) is 7.18. The van der Waals surface area contributed by atoms with Crippen LogP contribution < -0.4 is 38.5 Å². The first-order chi connectivity index (χ1) is 22.6. The topological polar surface area (TPSA) is 317 Å². The lowest BCUT2D eigenvalue weighted by Crippen LogP contribution is -2.59. The van der Waals surface area contributed by atoms with Crippen LogP contribution in [0.25, 0.3) is 10.9 Å². The number of aliphatic hydroxyl groups excluding tert-OH is 1. The Morgan fingerprint density at radius 1 is 0.854 bits per heavy atom. The standard InChI is InChI=1S/C30H45N9O9/c1-15(2)10-21(27(45)36-20(8-5-9-34-30(32)33)26(44)39-23(29(47)48)12-24(41)42)38-28(46)22(37-25(43)18(31)14-40)11-16-13-35-19-7-4-3-6-17(16)19/h3-4,6-7,13,15,18,20-23,35,40H,5,8-12,14,31H2,1-2H3,(H,36,45)(H,37,43)(H,38,46)(H,39,44)(H,41,42)(H,47,48)(H4,32,33,34)/t18-,20-,21-,22-,23-/m0/s1. The van der Waals surface area contributed by atoms with E-state index in [1.807, 2.05) is 24.3 Å². The van der Waals surface area contributed by atoms with Crippen LogP contribution in [0.4, 0.5) is 0 Å². The Morgan fingerprint density at radius 2 is 1.44 bits per heavy atom. The number of aliphatic imine (C=N–C) groups is 1. The van der Waals surface area contributed by atoms with Gasteiger partial charge in [-0.25, -0.2) is 4.79 Å². The number of fused-ring (bicyclic) bond motifs is 1. The number of carboxylic acids is 2. The Labute approximate surface area is 276 Å². The Kier molecular flexibility index (Phi) is 15.3. The molecule has 48 heavy (non-hydrogen) atoms. The van der Waals surface area contributed by atoms with E-state index in [0.29, 0.717) is 5.56 Å². The molecule has 1 aromatic carbocycles. The van der Waals surface area contributed by atoms with Gasteiger partial charge >= 0.3 is 11.9 Å². The quantitative estimate of drug-likeness (QED) is 0.0398. The van der Waals surface area contributed by atoms with E-state index in [1.165, 1.54) is 0 Å². The number of H-pyrrole nitrogens is 1. The van der Waals surface area contributed by atoms with Crippen LogP contribution in [0.1, 0.15) is 45.1 Å². The lowest BCUT2D eigenvalue weighted by atomic mass is 10.00. The molecule has 0 aliphatic heterocycles. The molecule has 18 nitrogen and oxygen atoms in total. The largest absolute Gasteiger partial charge is 0.481 e. The zero-order valence-electron chi connectivity index (χ0n) is 26.8. The molecule has 0 saturated carbocycles. The molecule has 1 aromatic heterocycles. The summed E-state index contributed by atoms with van der Waals surface area (Å²) in [6.45, 7) is 2.98. The Bertz CT molecular complexity index is 1470. The van der Waals surface area contributed by atoms with Gasteiger partial charge in [-0.2, -0.15) is 0 Å². The van der Waals surface area contributed by atoms with Crippen molar-refractivity contribution in [3.8, 4) is 0 Å². The lowest BCUT2D eigenvalue weighted by molar-refractivity contribution is -0.147. The molecular formula is C30H45N9O9. The number of aromatic amines is 1. The maximum atomic E-state index is 13.7. The Balaban J connectivity index is 2.34. The fraction of sp³-hybridized carbons (Fsp3) is 0.500. The van der Waals surface area contributed by atoms with E-state index in [1.54, 1.807) is 20.0 Å². The van der Waals surface area contributed by atoms with Crippen molar-refractivity contribution in [2.24, 2.45) is 28.1 Å². The number of hydrogen-bond donors (Lipinski definition) is 11. The Morgan fingerprint density at radius 3 is 2.04 bits per heavy atom. The molecule has 2 rings (SSSR count). The van der Waals surface area contributed by atoms with Crippen LogP contribution in [0.3, 0.4) is 0 Å². The van der Waals surface area contributed by atoms with Crippen molar-refractivity contribution in [3.05, 3.63) is 36.0 Å². The zero-order valence-corrected chi connectivity index (χ0v) is 26.8. The number of carbonyl (C=O) groups excluding carboxylic acids is 4. The SMILES string of the molecule is CC(C)C[C@H](NC(=O)[C@H](Cc1c[nH]c2ccccc12)NC(=O)[C@@H](N)CO)C(=O)N[C@@H](CCCN=C(N)N)C(=O)N[C@@H](CC(=O)O)C(=O)O. The van der Waals surface area contributed by atoms with E-state index >= 15 is 0 Å². The minimum Gasteiger partial charge on any atom is -0.481 e. The molecule has 0 saturated heterocycles. The summed E-state index contributed by atoms with van der Waals surface area (Å²) in [5, 5.41) is 38.5. The lowest BCUT2D eigenvalue weighted by Gasteiger charge is -2.27. The number of carboxylic acid groups (broad SMARTS) is 2. The predicted octanol–water partition coefficient (Wildman–Crippen LogP) is -2.37. The van der Waals surface area contributed by atoms with Gasteiger partial charge in [0.15, 0.2) is 5.96 Å². The summed E-state index contributed by atoms with van der Waals surface area (Å²) in [5.74, 6) is -6.73. The number of aliphatic carboxylic acids is 2. The number of nitrogens with one attached hydrogen (secondary N) is 5. The van der Waals surface area contributed by atoms with Crippen LogP contribution >= 0.6 is 0 Å². The first-order valence-electron chi connectivity index (χ1n) is 15.3. The highest BCUT2D eigenvalue weighted by atomic mass is 16.4. The Hall–Kier alpha value is -5.23. The second kappa shape index (κ2) is 18.8. The molecule has 0 radical (unpaired) electrons. The predicted molar refractivity (Wildman–Crippen MR) is 174 cm³/mol.